The number of epoxide rings is 1. The van der Waals surface area contributed by atoms with Gasteiger partial charge in [-0.1, -0.05) is 26.8 Å². The highest BCUT2D eigenvalue weighted by Gasteiger charge is 2.89. The predicted molar refractivity (Wildman–Crippen MR) is 127 cm³/mol. The molecule has 200 valence electrons. The molecule has 9 nitrogen and oxygen atoms in total. The number of aliphatic hydroxyl groups is 1. The van der Waals surface area contributed by atoms with E-state index in [9.17, 15) is 19.5 Å². The number of rotatable bonds is 2. The molecule has 4 heterocycles. The summed E-state index contributed by atoms with van der Waals surface area (Å²) in [6.07, 6.45) is 3.78. The summed E-state index contributed by atoms with van der Waals surface area (Å²) in [6.45, 7) is 11.0. The van der Waals surface area contributed by atoms with Gasteiger partial charge >= 0.3 is 17.9 Å². The van der Waals surface area contributed by atoms with Crippen molar-refractivity contribution in [3.8, 4) is 0 Å². The summed E-state index contributed by atoms with van der Waals surface area (Å²) in [4.78, 5) is 38.4. The average Bonchev–Trinajstić information content (AvgIpc) is 3.38. The highest BCUT2D eigenvalue weighted by Crippen LogP contribution is 2.79. The van der Waals surface area contributed by atoms with E-state index in [2.05, 4.69) is 0 Å². The molecule has 1 N–H and O–H groups in total. The lowest BCUT2D eigenvalue weighted by Gasteiger charge is -2.68. The van der Waals surface area contributed by atoms with Crippen LogP contribution < -0.4 is 0 Å². The van der Waals surface area contributed by atoms with Gasteiger partial charge in [-0.15, -0.1) is 0 Å². The van der Waals surface area contributed by atoms with Crippen molar-refractivity contribution in [3.05, 3.63) is 36.3 Å². The van der Waals surface area contributed by atoms with Crippen LogP contribution in [0.1, 0.15) is 66.1 Å². The average molecular weight is 515 g/mol. The SMILES string of the molecule is CC(=O)O[C@H]1C[C@@H]2C(C)(C)OC(=O)C=C[C@]2(C)[C@H]2[C@H](O)C[C@@]3(C)[C@H](c4ccoc4)OC(=O)[C@@H]4O[C@@]43[C@]12C. The molecule has 0 bridgehead atoms. The largest absolute Gasteiger partial charge is 0.472 e. The van der Waals surface area contributed by atoms with Crippen LogP contribution in [0.2, 0.25) is 0 Å². The smallest absolute Gasteiger partial charge is 0.339 e. The molecule has 1 aromatic heterocycles. The maximum Gasteiger partial charge on any atom is 0.339 e. The molecule has 2 saturated heterocycles. The van der Waals surface area contributed by atoms with Gasteiger partial charge in [0, 0.05) is 41.2 Å². The third kappa shape index (κ3) is 2.84. The van der Waals surface area contributed by atoms with E-state index in [1.165, 1.54) is 19.3 Å². The minimum absolute atomic E-state index is 0.269. The molecule has 2 aliphatic carbocycles. The van der Waals surface area contributed by atoms with Gasteiger partial charge in [-0.2, -0.15) is 0 Å². The second kappa shape index (κ2) is 7.26. The van der Waals surface area contributed by atoms with Crippen LogP contribution in [0.4, 0.5) is 0 Å². The first kappa shape index (κ1) is 24.7. The molecule has 0 aromatic carbocycles. The van der Waals surface area contributed by atoms with E-state index in [4.69, 9.17) is 23.4 Å². The van der Waals surface area contributed by atoms with E-state index in [0.29, 0.717) is 12.0 Å². The molecular formula is C28H34O9. The van der Waals surface area contributed by atoms with Crippen molar-refractivity contribution >= 4 is 17.9 Å². The molecule has 0 unspecified atom stereocenters. The van der Waals surface area contributed by atoms with Gasteiger partial charge in [0.1, 0.15) is 23.4 Å². The molecule has 1 aromatic rings. The summed E-state index contributed by atoms with van der Waals surface area (Å²) in [7, 11) is 0. The molecule has 1 spiro atoms. The molecule has 5 aliphatic rings. The molecule has 0 amide bonds. The van der Waals surface area contributed by atoms with Crippen molar-refractivity contribution in [2.24, 2.45) is 28.1 Å². The Morgan fingerprint density at radius 1 is 1.14 bits per heavy atom. The van der Waals surface area contributed by atoms with Gasteiger partial charge in [-0.25, -0.2) is 9.59 Å². The molecule has 10 atom stereocenters. The van der Waals surface area contributed by atoms with Crippen LogP contribution in [-0.2, 0) is 33.3 Å². The number of fused-ring (bicyclic) bond motifs is 3. The van der Waals surface area contributed by atoms with Gasteiger partial charge in [-0.05, 0) is 38.2 Å². The van der Waals surface area contributed by atoms with Crippen LogP contribution in [-0.4, -0.2) is 52.5 Å². The number of allylic oxidation sites excluding steroid dienone is 1. The van der Waals surface area contributed by atoms with E-state index in [1.807, 2.05) is 40.7 Å². The number of furan rings is 1. The van der Waals surface area contributed by atoms with E-state index in [1.54, 1.807) is 12.3 Å². The summed E-state index contributed by atoms with van der Waals surface area (Å²) in [5, 5.41) is 12.1. The number of hydrogen-bond acceptors (Lipinski definition) is 9. The quantitative estimate of drug-likeness (QED) is 0.360. The zero-order valence-corrected chi connectivity index (χ0v) is 22.0. The van der Waals surface area contributed by atoms with Crippen LogP contribution in [0.3, 0.4) is 0 Å². The molecule has 0 radical (unpaired) electrons. The number of carbonyl (C=O) groups excluding carboxylic acids is 3. The standard InChI is InChI=1S/C28H34O9/c1-14(29)34-18-11-17-24(2,3)36-19(31)7-9-25(17,4)20-16(30)12-26(5)21(15-8-10-33-13-15)35-23(32)22-28(26,37-22)27(18,20)6/h7-10,13,16-18,20-22,30H,11-12H2,1-6H3/t16-,17-,18+,20-,21+,22+,25+,26+,27-,28+/m1/s1. The lowest BCUT2D eigenvalue weighted by Crippen LogP contribution is -2.75. The Morgan fingerprint density at radius 2 is 1.86 bits per heavy atom. The van der Waals surface area contributed by atoms with Crippen LogP contribution in [0.15, 0.2) is 35.2 Å². The molecule has 2 saturated carbocycles. The number of cyclic esters (lactones) is 2. The first-order valence-corrected chi connectivity index (χ1v) is 12.9. The predicted octanol–water partition coefficient (Wildman–Crippen LogP) is 3.26. The van der Waals surface area contributed by atoms with Gasteiger partial charge in [0.05, 0.1) is 18.6 Å². The Kier molecular flexibility index (Phi) is 4.84. The van der Waals surface area contributed by atoms with Crippen LogP contribution in [0, 0.1) is 28.1 Å². The summed E-state index contributed by atoms with van der Waals surface area (Å²) in [5.74, 6) is -2.21. The van der Waals surface area contributed by atoms with Crippen molar-refractivity contribution in [2.75, 3.05) is 0 Å². The molecule has 6 rings (SSSR count). The monoisotopic (exact) mass is 514 g/mol. The van der Waals surface area contributed by atoms with Crippen molar-refractivity contribution in [1.82, 2.24) is 0 Å². The van der Waals surface area contributed by atoms with Crippen molar-refractivity contribution < 1.29 is 42.9 Å². The number of carbonyl (C=O) groups is 3. The fourth-order valence-electron chi connectivity index (χ4n) is 9.29. The van der Waals surface area contributed by atoms with Gasteiger partial charge in [0.15, 0.2) is 6.10 Å². The van der Waals surface area contributed by atoms with Gasteiger partial charge in [-0.3, -0.25) is 4.79 Å². The third-order valence-corrected chi connectivity index (χ3v) is 10.4. The highest BCUT2D eigenvalue weighted by atomic mass is 16.7. The first-order valence-electron chi connectivity index (χ1n) is 12.9. The Labute approximate surface area is 215 Å². The van der Waals surface area contributed by atoms with E-state index in [-0.39, 0.29) is 12.3 Å². The highest BCUT2D eigenvalue weighted by molar-refractivity contribution is 5.84. The second-order valence-corrected chi connectivity index (χ2v) is 12.7. The summed E-state index contributed by atoms with van der Waals surface area (Å²) < 4.78 is 29.5. The van der Waals surface area contributed by atoms with E-state index in [0.717, 1.165) is 0 Å². The number of esters is 3. The van der Waals surface area contributed by atoms with Gasteiger partial charge in [0.2, 0.25) is 0 Å². The maximum absolute atomic E-state index is 13.3. The van der Waals surface area contributed by atoms with Crippen molar-refractivity contribution in [3.63, 3.8) is 0 Å². The minimum atomic E-state index is -1.08. The first-order chi connectivity index (χ1) is 17.2. The maximum atomic E-state index is 13.3. The number of ether oxygens (including phenoxy) is 4. The summed E-state index contributed by atoms with van der Waals surface area (Å²) >= 11 is 0. The summed E-state index contributed by atoms with van der Waals surface area (Å²) in [6, 6.07) is 1.75. The molecular weight excluding hydrogens is 480 g/mol. The fraction of sp³-hybridized carbons (Fsp3) is 0.679. The fourth-order valence-corrected chi connectivity index (χ4v) is 9.29. The zero-order valence-electron chi connectivity index (χ0n) is 22.0. The van der Waals surface area contributed by atoms with Gasteiger partial charge in [0.25, 0.3) is 0 Å². The Hall–Kier alpha value is -2.65. The third-order valence-electron chi connectivity index (χ3n) is 10.4. The second-order valence-electron chi connectivity index (χ2n) is 12.7. The zero-order chi connectivity index (χ0) is 26.8. The molecule has 4 fully saturated rings. The Bertz CT molecular complexity index is 1200. The summed E-state index contributed by atoms with van der Waals surface area (Å²) in [5.41, 5.74) is -3.89. The van der Waals surface area contributed by atoms with E-state index < -0.39 is 75.7 Å². The Morgan fingerprint density at radius 3 is 2.51 bits per heavy atom. The molecule has 9 heteroatoms. The van der Waals surface area contributed by atoms with Crippen molar-refractivity contribution in [1.29, 1.82) is 0 Å². The van der Waals surface area contributed by atoms with E-state index >= 15 is 0 Å². The Balaban J connectivity index is 1.59. The van der Waals surface area contributed by atoms with Crippen LogP contribution in [0.25, 0.3) is 0 Å². The molecule has 3 aliphatic heterocycles. The number of aliphatic hydroxyl groups excluding tert-OH is 1. The van der Waals surface area contributed by atoms with Gasteiger partial charge < -0.3 is 28.5 Å². The van der Waals surface area contributed by atoms with Crippen LogP contribution in [0.5, 0.6) is 0 Å². The lowest BCUT2D eigenvalue weighted by molar-refractivity contribution is -0.281. The topological polar surface area (TPSA) is 125 Å². The van der Waals surface area contributed by atoms with Crippen molar-refractivity contribution in [2.45, 2.75) is 90.0 Å². The molecule has 37 heavy (non-hydrogen) atoms. The van der Waals surface area contributed by atoms with Crippen LogP contribution >= 0.6 is 0 Å². The number of hydrogen-bond donors (Lipinski definition) is 1. The minimum Gasteiger partial charge on any atom is -0.472 e. The lowest BCUT2D eigenvalue weighted by atomic mass is 9.36. The normalized spacial score (nSPS) is 49.3.